The first-order valence-electron chi connectivity index (χ1n) is 6.64. The summed E-state index contributed by atoms with van der Waals surface area (Å²) < 4.78 is 4.78. The molecule has 0 spiro atoms. The quantitative estimate of drug-likeness (QED) is 0.401. The van der Waals surface area contributed by atoms with Crippen LogP contribution in [0.2, 0.25) is 0 Å². The van der Waals surface area contributed by atoms with Gasteiger partial charge in [-0.15, -0.1) is 11.6 Å². The van der Waals surface area contributed by atoms with Crippen molar-refractivity contribution >= 4 is 17.6 Å². The first kappa shape index (κ1) is 14.8. The Hall–Kier alpha value is -0.280. The number of methoxy groups -OCH3 is 1. The molecule has 4 heteroatoms. The average molecular weight is 262 g/mol. The molecule has 0 aliphatic carbocycles. The van der Waals surface area contributed by atoms with Gasteiger partial charge in [-0.25, -0.2) is 0 Å². The van der Waals surface area contributed by atoms with Gasteiger partial charge in [-0.2, -0.15) is 0 Å². The Morgan fingerprint density at radius 1 is 1.24 bits per heavy atom. The molecular weight excluding hydrogens is 238 g/mol. The Morgan fingerprint density at radius 3 is 2.47 bits per heavy atom. The van der Waals surface area contributed by atoms with Crippen LogP contribution in [-0.4, -0.2) is 43.5 Å². The van der Waals surface area contributed by atoms with Crippen LogP contribution in [0.3, 0.4) is 0 Å². The molecular formula is C13H24ClNO2. The summed E-state index contributed by atoms with van der Waals surface area (Å²) in [4.78, 5) is 13.8. The molecule has 0 bridgehead atoms. The summed E-state index contributed by atoms with van der Waals surface area (Å²) in [6.07, 6.45) is 6.79. The van der Waals surface area contributed by atoms with Gasteiger partial charge in [-0.3, -0.25) is 4.79 Å². The monoisotopic (exact) mass is 261 g/mol. The number of ether oxygens (including phenoxy) is 1. The van der Waals surface area contributed by atoms with Crippen LogP contribution in [0.25, 0.3) is 0 Å². The molecule has 0 radical (unpaired) electrons. The maximum Gasteiger partial charge on any atom is 0.308 e. The Bertz CT molecular complexity index is 215. The fraction of sp³-hybridized carbons (Fsp3) is 0.923. The molecule has 1 aliphatic heterocycles. The van der Waals surface area contributed by atoms with Gasteiger partial charge in [0.2, 0.25) is 0 Å². The van der Waals surface area contributed by atoms with Crippen LogP contribution < -0.4 is 0 Å². The third-order valence-corrected chi connectivity index (χ3v) is 3.75. The zero-order valence-electron chi connectivity index (χ0n) is 10.8. The highest BCUT2D eigenvalue weighted by atomic mass is 35.5. The van der Waals surface area contributed by atoms with Crippen molar-refractivity contribution in [3.8, 4) is 0 Å². The SMILES string of the molecule is COC(=O)C1CCN(CCCCCCCl)CC1. The lowest BCUT2D eigenvalue weighted by atomic mass is 9.97. The van der Waals surface area contributed by atoms with Crippen LogP contribution in [-0.2, 0) is 9.53 Å². The highest BCUT2D eigenvalue weighted by Gasteiger charge is 2.24. The van der Waals surface area contributed by atoms with Crippen molar-refractivity contribution < 1.29 is 9.53 Å². The van der Waals surface area contributed by atoms with Crippen LogP contribution in [0.4, 0.5) is 0 Å². The zero-order valence-corrected chi connectivity index (χ0v) is 11.5. The van der Waals surface area contributed by atoms with E-state index in [1.54, 1.807) is 0 Å². The second kappa shape index (κ2) is 8.76. The van der Waals surface area contributed by atoms with E-state index in [2.05, 4.69) is 4.90 Å². The Labute approximate surface area is 109 Å². The predicted molar refractivity (Wildman–Crippen MR) is 70.4 cm³/mol. The Morgan fingerprint density at radius 2 is 1.88 bits per heavy atom. The van der Waals surface area contributed by atoms with E-state index < -0.39 is 0 Å². The van der Waals surface area contributed by atoms with Crippen molar-refractivity contribution in [2.75, 3.05) is 32.6 Å². The van der Waals surface area contributed by atoms with Crippen molar-refractivity contribution in [3.63, 3.8) is 0 Å². The normalized spacial score (nSPS) is 18.2. The van der Waals surface area contributed by atoms with Crippen molar-refractivity contribution in [1.29, 1.82) is 0 Å². The lowest BCUT2D eigenvalue weighted by Crippen LogP contribution is -2.37. The van der Waals surface area contributed by atoms with Gasteiger partial charge in [0.1, 0.15) is 0 Å². The van der Waals surface area contributed by atoms with Gasteiger partial charge in [0.25, 0.3) is 0 Å². The molecule has 1 saturated heterocycles. The molecule has 17 heavy (non-hydrogen) atoms. The summed E-state index contributed by atoms with van der Waals surface area (Å²) in [7, 11) is 1.48. The summed E-state index contributed by atoms with van der Waals surface area (Å²) in [5, 5.41) is 0. The van der Waals surface area contributed by atoms with Gasteiger partial charge in [0.15, 0.2) is 0 Å². The number of hydrogen-bond donors (Lipinski definition) is 0. The number of esters is 1. The van der Waals surface area contributed by atoms with Crippen LogP contribution >= 0.6 is 11.6 Å². The van der Waals surface area contributed by atoms with Gasteiger partial charge in [-0.05, 0) is 45.3 Å². The molecule has 0 aromatic heterocycles. The van der Waals surface area contributed by atoms with Crippen LogP contribution in [0.1, 0.15) is 38.5 Å². The standard InChI is InChI=1S/C13H24ClNO2/c1-17-13(16)12-6-10-15(11-7-12)9-5-3-2-4-8-14/h12H,2-11H2,1H3. The predicted octanol–water partition coefficient (Wildman–Crippen LogP) is 2.67. The van der Waals surface area contributed by atoms with Crippen molar-refractivity contribution in [3.05, 3.63) is 0 Å². The fourth-order valence-electron chi connectivity index (χ4n) is 2.34. The first-order chi connectivity index (χ1) is 8.27. The van der Waals surface area contributed by atoms with Crippen molar-refractivity contribution in [2.45, 2.75) is 38.5 Å². The number of nitrogens with zero attached hydrogens (tertiary/aromatic N) is 1. The van der Waals surface area contributed by atoms with E-state index in [4.69, 9.17) is 16.3 Å². The summed E-state index contributed by atoms with van der Waals surface area (Å²) in [6.45, 7) is 3.24. The van der Waals surface area contributed by atoms with E-state index in [9.17, 15) is 4.79 Å². The zero-order chi connectivity index (χ0) is 12.5. The summed E-state index contributed by atoms with van der Waals surface area (Å²) >= 11 is 5.63. The van der Waals surface area contributed by atoms with Gasteiger partial charge >= 0.3 is 5.97 Å². The highest BCUT2D eigenvalue weighted by molar-refractivity contribution is 6.17. The summed E-state index contributed by atoms with van der Waals surface area (Å²) in [6, 6.07) is 0. The third-order valence-electron chi connectivity index (χ3n) is 3.48. The molecule has 0 aromatic carbocycles. The number of rotatable bonds is 7. The Balaban J connectivity index is 2.05. The molecule has 0 unspecified atom stereocenters. The highest BCUT2D eigenvalue weighted by Crippen LogP contribution is 2.18. The molecule has 1 rings (SSSR count). The van der Waals surface area contributed by atoms with Crippen molar-refractivity contribution in [2.24, 2.45) is 5.92 Å². The van der Waals surface area contributed by atoms with Crippen molar-refractivity contribution in [1.82, 2.24) is 4.90 Å². The Kier molecular flexibility index (Phi) is 7.62. The molecule has 1 heterocycles. The molecule has 3 nitrogen and oxygen atoms in total. The van der Waals surface area contributed by atoms with E-state index in [1.165, 1.54) is 26.4 Å². The molecule has 1 fully saturated rings. The second-order valence-electron chi connectivity index (χ2n) is 4.74. The molecule has 0 atom stereocenters. The van der Waals surface area contributed by atoms with E-state index in [-0.39, 0.29) is 11.9 Å². The topological polar surface area (TPSA) is 29.5 Å². The maximum absolute atomic E-state index is 11.4. The number of likely N-dealkylation sites (tertiary alicyclic amines) is 1. The lowest BCUT2D eigenvalue weighted by Gasteiger charge is -2.30. The fourth-order valence-corrected chi connectivity index (χ4v) is 2.53. The molecule has 100 valence electrons. The minimum atomic E-state index is -0.0354. The minimum absolute atomic E-state index is 0.0354. The van der Waals surface area contributed by atoms with Gasteiger partial charge in [-0.1, -0.05) is 12.8 Å². The first-order valence-corrected chi connectivity index (χ1v) is 7.17. The largest absolute Gasteiger partial charge is 0.469 e. The van der Waals surface area contributed by atoms with E-state index >= 15 is 0 Å². The minimum Gasteiger partial charge on any atom is -0.469 e. The molecule has 0 saturated carbocycles. The van der Waals surface area contributed by atoms with E-state index in [0.717, 1.165) is 44.8 Å². The van der Waals surface area contributed by atoms with Gasteiger partial charge < -0.3 is 9.64 Å². The second-order valence-corrected chi connectivity index (χ2v) is 5.12. The number of halogens is 1. The molecule has 1 aliphatic rings. The number of piperidine rings is 1. The van der Waals surface area contributed by atoms with E-state index in [1.807, 2.05) is 0 Å². The summed E-state index contributed by atoms with van der Waals surface area (Å²) in [5.41, 5.74) is 0. The third kappa shape index (κ3) is 5.73. The molecule has 0 N–H and O–H groups in total. The summed E-state index contributed by atoms with van der Waals surface area (Å²) in [5.74, 6) is 0.879. The number of alkyl halides is 1. The number of hydrogen-bond acceptors (Lipinski definition) is 3. The number of carbonyl (C=O) groups excluding carboxylic acids is 1. The number of carbonyl (C=O) groups is 1. The van der Waals surface area contributed by atoms with Gasteiger partial charge in [0.05, 0.1) is 13.0 Å². The van der Waals surface area contributed by atoms with E-state index in [0.29, 0.717) is 0 Å². The average Bonchev–Trinajstić information content (AvgIpc) is 2.38. The lowest BCUT2D eigenvalue weighted by molar-refractivity contribution is -0.147. The molecule has 0 aromatic rings. The number of unbranched alkanes of at least 4 members (excludes halogenated alkanes) is 3. The van der Waals surface area contributed by atoms with Crippen LogP contribution in [0.5, 0.6) is 0 Å². The molecule has 0 amide bonds. The maximum atomic E-state index is 11.4. The smallest absolute Gasteiger partial charge is 0.308 e. The van der Waals surface area contributed by atoms with Crippen LogP contribution in [0.15, 0.2) is 0 Å². The van der Waals surface area contributed by atoms with Crippen LogP contribution in [0, 0.1) is 5.92 Å². The van der Waals surface area contributed by atoms with Gasteiger partial charge in [0, 0.05) is 5.88 Å².